The highest BCUT2D eigenvalue weighted by Crippen LogP contribution is 2.30. The van der Waals surface area contributed by atoms with Crippen LogP contribution in [0.5, 0.6) is 11.7 Å². The van der Waals surface area contributed by atoms with Crippen LogP contribution in [0.3, 0.4) is 0 Å². The fourth-order valence-corrected chi connectivity index (χ4v) is 4.05. The van der Waals surface area contributed by atoms with Crippen LogP contribution in [-0.2, 0) is 0 Å². The molecule has 1 atom stereocenters. The van der Waals surface area contributed by atoms with Crippen molar-refractivity contribution in [1.29, 1.82) is 0 Å². The number of carbonyl (C=O) groups excluding carboxylic acids is 1. The zero-order valence-corrected chi connectivity index (χ0v) is 18.8. The molecule has 1 aromatic heterocycles. The number of amides is 1. The van der Waals surface area contributed by atoms with E-state index in [9.17, 15) is 4.79 Å². The van der Waals surface area contributed by atoms with Crippen LogP contribution in [0.15, 0.2) is 59.0 Å². The minimum atomic E-state index is -0.361. The monoisotopic (exact) mass is 459 g/mol. The molecule has 2 heterocycles. The second kappa shape index (κ2) is 9.22. The number of rotatable bonds is 6. The molecule has 4 rings (SSSR count). The first-order valence-electron chi connectivity index (χ1n) is 9.94. The summed E-state index contributed by atoms with van der Waals surface area (Å²) in [7, 11) is 4.23. The molecular weight excluding hydrogens is 437 g/mol. The third-order valence-corrected chi connectivity index (χ3v) is 5.68. The third-order valence-electron chi connectivity index (χ3n) is 5.24. The lowest BCUT2D eigenvalue weighted by atomic mass is 10.2. The van der Waals surface area contributed by atoms with E-state index in [4.69, 9.17) is 32.4 Å². The zero-order valence-electron chi connectivity index (χ0n) is 17.3. The number of nitrogens with zero attached hydrogens (tertiary/aromatic N) is 2. The van der Waals surface area contributed by atoms with Gasteiger partial charge in [-0.1, -0.05) is 23.2 Å². The van der Waals surface area contributed by atoms with Gasteiger partial charge in [-0.15, -0.1) is 0 Å². The topological polar surface area (TPSA) is 58.0 Å². The van der Waals surface area contributed by atoms with Crippen molar-refractivity contribution in [3.8, 4) is 11.7 Å². The molecule has 1 saturated heterocycles. The first-order chi connectivity index (χ1) is 14.9. The molecule has 8 heteroatoms. The molecule has 1 N–H and O–H groups in total. The van der Waals surface area contributed by atoms with Crippen molar-refractivity contribution in [1.82, 2.24) is 4.90 Å². The van der Waals surface area contributed by atoms with E-state index in [1.807, 2.05) is 24.3 Å². The maximum atomic E-state index is 12.5. The molecule has 1 aliphatic rings. The molecule has 0 spiro atoms. The number of furan rings is 1. The van der Waals surface area contributed by atoms with Gasteiger partial charge in [0, 0.05) is 46.6 Å². The lowest BCUT2D eigenvalue weighted by Crippen LogP contribution is -2.31. The number of anilines is 2. The second-order valence-corrected chi connectivity index (χ2v) is 8.55. The summed E-state index contributed by atoms with van der Waals surface area (Å²) < 4.78 is 11.1. The summed E-state index contributed by atoms with van der Waals surface area (Å²) in [4.78, 5) is 17.1. The Morgan fingerprint density at radius 2 is 1.81 bits per heavy atom. The lowest BCUT2D eigenvalue weighted by Gasteiger charge is -2.22. The van der Waals surface area contributed by atoms with Gasteiger partial charge in [0.1, 0.15) is 5.75 Å². The van der Waals surface area contributed by atoms with Gasteiger partial charge < -0.3 is 24.3 Å². The van der Waals surface area contributed by atoms with Crippen LogP contribution in [0.4, 0.5) is 11.4 Å². The molecule has 2 aromatic carbocycles. The number of nitrogens with one attached hydrogen (secondary N) is 1. The van der Waals surface area contributed by atoms with Crippen molar-refractivity contribution in [2.45, 2.75) is 12.5 Å². The van der Waals surface area contributed by atoms with E-state index in [0.717, 1.165) is 25.2 Å². The first-order valence-corrected chi connectivity index (χ1v) is 10.7. The van der Waals surface area contributed by atoms with Crippen LogP contribution >= 0.6 is 23.2 Å². The van der Waals surface area contributed by atoms with Crippen LogP contribution in [0.1, 0.15) is 17.0 Å². The maximum Gasteiger partial charge on any atom is 0.291 e. The molecule has 0 radical (unpaired) electrons. The Morgan fingerprint density at radius 3 is 2.45 bits per heavy atom. The van der Waals surface area contributed by atoms with Crippen molar-refractivity contribution in [2.24, 2.45) is 0 Å². The molecular formula is C23H23Cl2N3O3. The zero-order chi connectivity index (χ0) is 22.0. The van der Waals surface area contributed by atoms with Gasteiger partial charge in [0.25, 0.3) is 11.9 Å². The normalized spacial score (nSPS) is 16.0. The van der Waals surface area contributed by atoms with E-state index in [1.165, 1.54) is 0 Å². The molecule has 3 aromatic rings. The van der Waals surface area contributed by atoms with Crippen LogP contribution in [0, 0.1) is 0 Å². The standard InChI is InChI=1S/C23H23Cl2N3O3/c1-27(2)19-9-10-28(14-19)18-5-3-17(4-6-18)26-23(29)21-7-8-22(31-21)30-20-12-15(24)11-16(25)13-20/h3-8,11-13,19H,9-10,14H2,1-2H3,(H,26,29). The van der Waals surface area contributed by atoms with Gasteiger partial charge in [-0.2, -0.15) is 0 Å². The van der Waals surface area contributed by atoms with E-state index in [1.54, 1.807) is 30.3 Å². The summed E-state index contributed by atoms with van der Waals surface area (Å²) in [5.74, 6) is 0.372. The Labute approximate surface area is 191 Å². The molecule has 162 valence electrons. The van der Waals surface area contributed by atoms with Gasteiger partial charge >= 0.3 is 0 Å². The predicted molar refractivity (Wildman–Crippen MR) is 124 cm³/mol. The summed E-state index contributed by atoms with van der Waals surface area (Å²) in [5, 5.41) is 3.73. The Morgan fingerprint density at radius 1 is 1.10 bits per heavy atom. The van der Waals surface area contributed by atoms with Crippen LogP contribution in [0.25, 0.3) is 0 Å². The van der Waals surface area contributed by atoms with E-state index < -0.39 is 0 Å². The smallest absolute Gasteiger partial charge is 0.291 e. The van der Waals surface area contributed by atoms with Crippen molar-refractivity contribution < 1.29 is 13.9 Å². The Hall–Kier alpha value is -2.67. The number of benzene rings is 2. The highest BCUT2D eigenvalue weighted by molar-refractivity contribution is 6.34. The lowest BCUT2D eigenvalue weighted by molar-refractivity contribution is 0.0992. The number of ether oxygens (including phenoxy) is 1. The maximum absolute atomic E-state index is 12.5. The second-order valence-electron chi connectivity index (χ2n) is 7.68. The quantitative estimate of drug-likeness (QED) is 0.506. The highest BCUT2D eigenvalue weighted by Gasteiger charge is 2.24. The summed E-state index contributed by atoms with van der Waals surface area (Å²) in [6.07, 6.45) is 1.15. The van der Waals surface area contributed by atoms with E-state index >= 15 is 0 Å². The first kappa shape index (κ1) is 21.6. The Kier molecular flexibility index (Phi) is 6.41. The molecule has 6 nitrogen and oxygen atoms in total. The summed E-state index contributed by atoms with van der Waals surface area (Å²) in [6.45, 7) is 2.03. The minimum absolute atomic E-state index is 0.139. The van der Waals surface area contributed by atoms with Gasteiger partial charge in [-0.25, -0.2) is 0 Å². The van der Waals surface area contributed by atoms with Crippen LogP contribution < -0.4 is 15.0 Å². The van der Waals surface area contributed by atoms with Crippen molar-refractivity contribution >= 4 is 40.5 Å². The molecule has 1 amide bonds. The van der Waals surface area contributed by atoms with Crippen LogP contribution in [-0.4, -0.2) is 44.0 Å². The average Bonchev–Trinajstić information content (AvgIpc) is 3.38. The molecule has 31 heavy (non-hydrogen) atoms. The molecule has 1 fully saturated rings. The van der Waals surface area contributed by atoms with E-state index in [-0.39, 0.29) is 17.6 Å². The highest BCUT2D eigenvalue weighted by atomic mass is 35.5. The van der Waals surface area contributed by atoms with Gasteiger partial charge in [-0.3, -0.25) is 4.79 Å². The van der Waals surface area contributed by atoms with E-state index in [0.29, 0.717) is 27.5 Å². The molecule has 0 saturated carbocycles. The molecule has 0 aliphatic carbocycles. The SMILES string of the molecule is CN(C)C1CCN(c2ccc(NC(=O)c3ccc(Oc4cc(Cl)cc(Cl)c4)o3)cc2)C1. The molecule has 1 aliphatic heterocycles. The fourth-order valence-electron chi connectivity index (χ4n) is 3.55. The van der Waals surface area contributed by atoms with Crippen molar-refractivity contribution in [3.63, 3.8) is 0 Å². The van der Waals surface area contributed by atoms with Gasteiger partial charge in [0.15, 0.2) is 5.76 Å². The fraction of sp³-hybridized carbons (Fsp3) is 0.261. The average molecular weight is 460 g/mol. The van der Waals surface area contributed by atoms with Crippen molar-refractivity contribution in [2.75, 3.05) is 37.4 Å². The number of carbonyl (C=O) groups is 1. The number of hydrogen-bond acceptors (Lipinski definition) is 5. The Bertz CT molecular complexity index is 1050. The summed E-state index contributed by atoms with van der Waals surface area (Å²) in [6, 6.07) is 16.3. The Balaban J connectivity index is 1.36. The number of hydrogen-bond donors (Lipinski definition) is 1. The van der Waals surface area contributed by atoms with E-state index in [2.05, 4.69) is 29.2 Å². The number of likely N-dealkylation sites (N-methyl/N-ethyl adjacent to an activating group) is 1. The largest absolute Gasteiger partial charge is 0.426 e. The predicted octanol–water partition coefficient (Wildman–Crippen LogP) is 5.77. The molecule has 0 bridgehead atoms. The van der Waals surface area contributed by atoms with Crippen LogP contribution in [0.2, 0.25) is 10.0 Å². The third kappa shape index (κ3) is 5.34. The summed E-state index contributed by atoms with van der Waals surface area (Å²) in [5.41, 5.74) is 1.84. The van der Waals surface area contributed by atoms with Gasteiger partial charge in [-0.05, 0) is 69.0 Å². The van der Waals surface area contributed by atoms with Gasteiger partial charge in [0.05, 0.1) is 0 Å². The van der Waals surface area contributed by atoms with Gasteiger partial charge in [0.2, 0.25) is 0 Å². The molecule has 1 unspecified atom stereocenters. The van der Waals surface area contributed by atoms with Crippen molar-refractivity contribution in [3.05, 3.63) is 70.4 Å². The summed E-state index contributed by atoms with van der Waals surface area (Å²) >= 11 is 11.9. The minimum Gasteiger partial charge on any atom is -0.426 e. The number of halogens is 2.